The largest absolute Gasteiger partial charge is 0.369 e. The quantitative estimate of drug-likeness (QED) is 0.712. The molecule has 1 saturated carbocycles. The summed E-state index contributed by atoms with van der Waals surface area (Å²) < 4.78 is 1.81. The van der Waals surface area contributed by atoms with E-state index in [1.54, 1.807) is 6.20 Å². The Morgan fingerprint density at radius 3 is 2.80 bits per heavy atom. The molecule has 1 amide bonds. The highest BCUT2D eigenvalue weighted by molar-refractivity contribution is 5.97. The van der Waals surface area contributed by atoms with Gasteiger partial charge in [-0.2, -0.15) is 10.1 Å². The summed E-state index contributed by atoms with van der Waals surface area (Å²) in [5.74, 6) is 0.977. The Morgan fingerprint density at radius 2 is 2.12 bits per heavy atom. The second-order valence-corrected chi connectivity index (χ2v) is 6.41. The molecule has 1 aliphatic carbocycles. The van der Waals surface area contributed by atoms with E-state index in [0.717, 1.165) is 18.8 Å². The number of aryl methyl sites for hydroxylation is 1. The number of hydrogen-bond acceptors (Lipinski definition) is 6. The Morgan fingerprint density at radius 1 is 1.32 bits per heavy atom. The molecule has 0 bridgehead atoms. The van der Waals surface area contributed by atoms with Crippen LogP contribution >= 0.6 is 0 Å². The molecule has 2 aromatic rings. The van der Waals surface area contributed by atoms with Gasteiger partial charge in [-0.3, -0.25) is 9.48 Å². The van der Waals surface area contributed by atoms with Gasteiger partial charge in [0.2, 0.25) is 5.95 Å². The first-order valence-electron chi connectivity index (χ1n) is 8.86. The van der Waals surface area contributed by atoms with Gasteiger partial charge in [-0.15, -0.1) is 0 Å². The molecule has 0 spiro atoms. The van der Waals surface area contributed by atoms with Gasteiger partial charge in [-0.25, -0.2) is 4.98 Å². The second-order valence-electron chi connectivity index (χ2n) is 6.41. The standard InChI is InChI=1S/C17H25N7O/c1-2-24-11-13(9-21-24)22-17-20-10-14(15(18)25)16(23-17)19-8-12-6-4-3-5-7-12/h9-12H,2-8H2,1H3,(H2,18,25)(H2,19,20,22,23). The van der Waals surface area contributed by atoms with Gasteiger partial charge in [0, 0.05) is 25.5 Å². The fourth-order valence-electron chi connectivity index (χ4n) is 3.12. The summed E-state index contributed by atoms with van der Waals surface area (Å²) in [4.78, 5) is 20.3. The molecule has 0 saturated heterocycles. The Kier molecular flexibility index (Phi) is 5.47. The molecular formula is C17H25N7O. The molecule has 0 aliphatic heterocycles. The summed E-state index contributed by atoms with van der Waals surface area (Å²) in [6, 6.07) is 0. The molecule has 8 heteroatoms. The number of amides is 1. The average molecular weight is 343 g/mol. The Bertz CT molecular complexity index is 722. The van der Waals surface area contributed by atoms with Crippen molar-refractivity contribution in [3.63, 3.8) is 0 Å². The molecule has 0 atom stereocenters. The third-order valence-electron chi connectivity index (χ3n) is 4.55. The SMILES string of the molecule is CCn1cc(Nc2ncc(C(N)=O)c(NCC3CCCCC3)n2)cn1. The molecule has 2 aromatic heterocycles. The number of rotatable bonds is 7. The van der Waals surface area contributed by atoms with Gasteiger partial charge in [0.05, 0.1) is 17.4 Å². The number of nitrogens with two attached hydrogens (primary N) is 1. The van der Waals surface area contributed by atoms with Crippen molar-refractivity contribution >= 4 is 23.4 Å². The van der Waals surface area contributed by atoms with E-state index in [1.807, 2.05) is 17.8 Å². The number of carbonyl (C=O) groups is 1. The van der Waals surface area contributed by atoms with E-state index in [9.17, 15) is 4.79 Å². The lowest BCUT2D eigenvalue weighted by molar-refractivity contribution is 0.100. The number of aromatic nitrogens is 4. The van der Waals surface area contributed by atoms with Crippen molar-refractivity contribution in [3.8, 4) is 0 Å². The van der Waals surface area contributed by atoms with E-state index in [4.69, 9.17) is 5.73 Å². The summed E-state index contributed by atoms with van der Waals surface area (Å²) in [5, 5.41) is 10.6. The predicted molar refractivity (Wildman–Crippen MR) is 96.8 cm³/mol. The molecule has 4 N–H and O–H groups in total. The lowest BCUT2D eigenvalue weighted by atomic mass is 9.89. The van der Waals surface area contributed by atoms with E-state index in [2.05, 4.69) is 25.7 Å². The second kappa shape index (κ2) is 7.96. The van der Waals surface area contributed by atoms with Crippen LogP contribution in [-0.2, 0) is 6.54 Å². The fraction of sp³-hybridized carbons (Fsp3) is 0.529. The van der Waals surface area contributed by atoms with Crippen molar-refractivity contribution in [1.29, 1.82) is 0 Å². The summed E-state index contributed by atoms with van der Waals surface area (Å²) >= 11 is 0. The van der Waals surface area contributed by atoms with Gasteiger partial charge in [-0.1, -0.05) is 19.3 Å². The summed E-state index contributed by atoms with van der Waals surface area (Å²) in [6.45, 7) is 3.60. The molecule has 3 rings (SSSR count). The third-order valence-corrected chi connectivity index (χ3v) is 4.55. The van der Waals surface area contributed by atoms with Crippen LogP contribution < -0.4 is 16.4 Å². The summed E-state index contributed by atoms with van der Waals surface area (Å²) in [5.41, 5.74) is 6.56. The van der Waals surface area contributed by atoms with E-state index >= 15 is 0 Å². The minimum absolute atomic E-state index is 0.311. The molecule has 0 unspecified atom stereocenters. The highest BCUT2D eigenvalue weighted by atomic mass is 16.1. The van der Waals surface area contributed by atoms with Crippen molar-refractivity contribution in [2.24, 2.45) is 11.7 Å². The van der Waals surface area contributed by atoms with Gasteiger partial charge >= 0.3 is 0 Å². The average Bonchev–Trinajstić information content (AvgIpc) is 3.08. The van der Waals surface area contributed by atoms with E-state index in [1.165, 1.54) is 38.3 Å². The summed E-state index contributed by atoms with van der Waals surface area (Å²) in [6.07, 6.45) is 11.3. The van der Waals surface area contributed by atoms with Crippen LogP contribution in [0.4, 0.5) is 17.5 Å². The Hall–Kier alpha value is -2.64. The molecule has 0 radical (unpaired) electrons. The molecule has 8 nitrogen and oxygen atoms in total. The molecule has 1 aliphatic rings. The number of carbonyl (C=O) groups excluding carboxylic acids is 1. The van der Waals surface area contributed by atoms with E-state index in [0.29, 0.717) is 23.2 Å². The van der Waals surface area contributed by atoms with E-state index < -0.39 is 5.91 Å². The van der Waals surface area contributed by atoms with Crippen molar-refractivity contribution in [3.05, 3.63) is 24.2 Å². The van der Waals surface area contributed by atoms with Gasteiger partial charge in [0.15, 0.2) is 0 Å². The fourth-order valence-corrected chi connectivity index (χ4v) is 3.12. The van der Waals surface area contributed by atoms with E-state index in [-0.39, 0.29) is 0 Å². The first kappa shape index (κ1) is 17.2. The van der Waals surface area contributed by atoms with Crippen molar-refractivity contribution < 1.29 is 4.79 Å². The van der Waals surface area contributed by atoms with Crippen LogP contribution in [0.25, 0.3) is 0 Å². The topological polar surface area (TPSA) is 111 Å². The van der Waals surface area contributed by atoms with Crippen molar-refractivity contribution in [1.82, 2.24) is 19.7 Å². The lowest BCUT2D eigenvalue weighted by Crippen LogP contribution is -2.21. The number of hydrogen-bond donors (Lipinski definition) is 3. The molecular weight excluding hydrogens is 318 g/mol. The monoisotopic (exact) mass is 343 g/mol. The van der Waals surface area contributed by atoms with Crippen LogP contribution in [-0.4, -0.2) is 32.2 Å². The zero-order valence-electron chi connectivity index (χ0n) is 14.5. The first-order chi connectivity index (χ1) is 12.2. The number of anilines is 3. The smallest absolute Gasteiger partial charge is 0.254 e. The maximum Gasteiger partial charge on any atom is 0.254 e. The Labute approximate surface area is 147 Å². The van der Waals surface area contributed by atoms with Gasteiger partial charge in [-0.05, 0) is 25.7 Å². The van der Waals surface area contributed by atoms with Crippen LogP contribution in [0.2, 0.25) is 0 Å². The number of nitrogens with zero attached hydrogens (tertiary/aromatic N) is 4. The number of primary amides is 1. The third kappa shape index (κ3) is 4.46. The molecule has 0 aromatic carbocycles. The molecule has 25 heavy (non-hydrogen) atoms. The lowest BCUT2D eigenvalue weighted by Gasteiger charge is -2.22. The van der Waals surface area contributed by atoms with Crippen molar-refractivity contribution in [2.45, 2.75) is 45.6 Å². The van der Waals surface area contributed by atoms with Crippen molar-refractivity contribution in [2.75, 3.05) is 17.2 Å². The van der Waals surface area contributed by atoms with Gasteiger partial charge < -0.3 is 16.4 Å². The maximum atomic E-state index is 11.7. The van der Waals surface area contributed by atoms with Crippen LogP contribution in [0.1, 0.15) is 49.4 Å². The van der Waals surface area contributed by atoms with Crippen LogP contribution in [0.3, 0.4) is 0 Å². The molecule has 134 valence electrons. The maximum absolute atomic E-state index is 11.7. The molecule has 1 fully saturated rings. The highest BCUT2D eigenvalue weighted by Gasteiger charge is 2.16. The minimum atomic E-state index is -0.531. The molecule has 2 heterocycles. The zero-order valence-corrected chi connectivity index (χ0v) is 14.5. The predicted octanol–water partition coefficient (Wildman–Crippen LogP) is 2.53. The Balaban J connectivity index is 1.72. The zero-order chi connectivity index (χ0) is 17.6. The van der Waals surface area contributed by atoms with Gasteiger partial charge in [0.25, 0.3) is 5.91 Å². The van der Waals surface area contributed by atoms with Crippen LogP contribution in [0.15, 0.2) is 18.6 Å². The number of nitrogens with one attached hydrogen (secondary N) is 2. The normalized spacial score (nSPS) is 15.1. The first-order valence-corrected chi connectivity index (χ1v) is 8.86. The highest BCUT2D eigenvalue weighted by Crippen LogP contribution is 2.24. The van der Waals surface area contributed by atoms with Crippen LogP contribution in [0.5, 0.6) is 0 Å². The minimum Gasteiger partial charge on any atom is -0.369 e. The van der Waals surface area contributed by atoms with Crippen LogP contribution in [0, 0.1) is 5.92 Å². The summed E-state index contributed by atoms with van der Waals surface area (Å²) in [7, 11) is 0. The van der Waals surface area contributed by atoms with Gasteiger partial charge in [0.1, 0.15) is 5.82 Å².